The lowest BCUT2D eigenvalue weighted by Gasteiger charge is -2.24. The summed E-state index contributed by atoms with van der Waals surface area (Å²) in [7, 11) is 1.27. The van der Waals surface area contributed by atoms with E-state index in [9.17, 15) is 18.4 Å². The van der Waals surface area contributed by atoms with Gasteiger partial charge < -0.3 is 14.4 Å². The molecule has 0 amide bonds. The van der Waals surface area contributed by atoms with Gasteiger partial charge >= 0.3 is 5.97 Å². The Labute approximate surface area is 193 Å². The van der Waals surface area contributed by atoms with E-state index < -0.39 is 17.6 Å². The molecule has 7 nitrogen and oxygen atoms in total. The third kappa shape index (κ3) is 5.23. The number of benzene rings is 2. The zero-order chi connectivity index (χ0) is 23.4. The number of quaternary nitrogens is 1. The van der Waals surface area contributed by atoms with Crippen LogP contribution in [0, 0.1) is 11.6 Å². The largest absolute Gasteiger partial charge is 0.465 e. The first-order valence-corrected chi connectivity index (χ1v) is 11.6. The Balaban J connectivity index is 1.70. The van der Waals surface area contributed by atoms with Gasteiger partial charge in [-0.2, -0.15) is 0 Å². The van der Waals surface area contributed by atoms with Crippen molar-refractivity contribution in [2.45, 2.75) is 17.5 Å². The third-order valence-electron chi connectivity index (χ3n) is 5.64. The van der Waals surface area contributed by atoms with E-state index in [1.165, 1.54) is 42.3 Å². The summed E-state index contributed by atoms with van der Waals surface area (Å²) in [6, 6.07) is 8.28. The van der Waals surface area contributed by atoms with Crippen LogP contribution in [0.4, 0.5) is 8.78 Å². The van der Waals surface area contributed by atoms with E-state index >= 15 is 0 Å². The van der Waals surface area contributed by atoms with Gasteiger partial charge in [0, 0.05) is 11.3 Å². The Kier molecular flexibility index (Phi) is 7.36. The fourth-order valence-corrected chi connectivity index (χ4v) is 4.78. The Morgan fingerprint density at radius 1 is 1.21 bits per heavy atom. The van der Waals surface area contributed by atoms with Crippen LogP contribution in [-0.4, -0.2) is 55.5 Å². The Morgan fingerprint density at radius 3 is 2.64 bits per heavy atom. The van der Waals surface area contributed by atoms with Crippen LogP contribution < -0.4 is 10.5 Å². The molecule has 0 atom stereocenters. The molecule has 4 rings (SSSR count). The molecule has 0 bridgehead atoms. The van der Waals surface area contributed by atoms with E-state index in [2.05, 4.69) is 4.98 Å². The number of nitrogens with one attached hydrogen (secondary N) is 1. The number of ether oxygens (including phenoxy) is 2. The second kappa shape index (κ2) is 10.4. The van der Waals surface area contributed by atoms with Gasteiger partial charge in [-0.25, -0.2) is 18.6 Å². The van der Waals surface area contributed by atoms with E-state index in [4.69, 9.17) is 9.47 Å². The van der Waals surface area contributed by atoms with Gasteiger partial charge in [-0.05, 0) is 30.3 Å². The van der Waals surface area contributed by atoms with Crippen LogP contribution in [0.15, 0.2) is 46.3 Å². The molecule has 1 fully saturated rings. The highest BCUT2D eigenvalue weighted by atomic mass is 32.2. The molecule has 10 heteroatoms. The molecular formula is C23H24F2N3O4S+. The van der Waals surface area contributed by atoms with Gasteiger partial charge in [0.1, 0.15) is 24.7 Å². The quantitative estimate of drug-likeness (QED) is 0.318. The summed E-state index contributed by atoms with van der Waals surface area (Å²) in [4.78, 5) is 31.2. The molecule has 0 saturated carbocycles. The van der Waals surface area contributed by atoms with Gasteiger partial charge in [0.05, 0.1) is 49.9 Å². The number of carbonyl (C=O) groups excluding carboxylic acids is 1. The Morgan fingerprint density at radius 2 is 1.94 bits per heavy atom. The van der Waals surface area contributed by atoms with Crippen molar-refractivity contribution in [1.82, 2.24) is 9.55 Å². The minimum Gasteiger partial charge on any atom is -0.465 e. The highest BCUT2D eigenvalue weighted by molar-refractivity contribution is 7.98. The first-order valence-electron chi connectivity index (χ1n) is 10.6. The van der Waals surface area contributed by atoms with E-state index in [1.807, 2.05) is 0 Å². The van der Waals surface area contributed by atoms with E-state index in [0.717, 1.165) is 24.9 Å². The molecule has 0 radical (unpaired) electrons. The van der Waals surface area contributed by atoms with Gasteiger partial charge in [-0.15, -0.1) is 0 Å². The second-order valence-corrected chi connectivity index (χ2v) is 8.62. The second-order valence-electron chi connectivity index (χ2n) is 7.68. The van der Waals surface area contributed by atoms with Gasteiger partial charge in [0.25, 0.3) is 5.56 Å². The normalized spacial score (nSPS) is 14.5. The zero-order valence-corrected chi connectivity index (χ0v) is 18.9. The maximum absolute atomic E-state index is 14.1. The number of morpholine rings is 1. The van der Waals surface area contributed by atoms with Crippen molar-refractivity contribution in [3.05, 3.63) is 69.5 Å². The van der Waals surface area contributed by atoms with E-state index in [1.54, 1.807) is 10.6 Å². The lowest BCUT2D eigenvalue weighted by molar-refractivity contribution is -0.908. The van der Waals surface area contributed by atoms with E-state index in [0.29, 0.717) is 42.4 Å². The summed E-state index contributed by atoms with van der Waals surface area (Å²) in [5, 5.41) is 0.700. The number of halogens is 2. The number of thioether (sulfide) groups is 1. The van der Waals surface area contributed by atoms with Crippen molar-refractivity contribution in [3.63, 3.8) is 0 Å². The van der Waals surface area contributed by atoms with Crippen LogP contribution in [0.25, 0.3) is 10.9 Å². The molecule has 1 N–H and O–H groups in total. The molecule has 1 aliphatic heterocycles. The van der Waals surface area contributed by atoms with Crippen LogP contribution in [0.5, 0.6) is 0 Å². The van der Waals surface area contributed by atoms with Crippen molar-refractivity contribution in [2.75, 3.05) is 40.0 Å². The van der Waals surface area contributed by atoms with Gasteiger partial charge in [-0.1, -0.05) is 17.8 Å². The smallest absolute Gasteiger partial charge is 0.337 e. The van der Waals surface area contributed by atoms with Gasteiger partial charge in [0.2, 0.25) is 0 Å². The summed E-state index contributed by atoms with van der Waals surface area (Å²) in [5.74, 6) is -1.87. The summed E-state index contributed by atoms with van der Waals surface area (Å²) in [6.45, 7) is 4.13. The van der Waals surface area contributed by atoms with Crippen LogP contribution in [-0.2, 0) is 21.8 Å². The molecule has 2 aromatic carbocycles. The lowest BCUT2D eigenvalue weighted by Crippen LogP contribution is -3.14. The number of rotatable bonds is 7. The lowest BCUT2D eigenvalue weighted by atomic mass is 10.1. The predicted molar refractivity (Wildman–Crippen MR) is 120 cm³/mol. The molecule has 1 aromatic heterocycles. The molecule has 33 heavy (non-hydrogen) atoms. The summed E-state index contributed by atoms with van der Waals surface area (Å²) in [6.07, 6.45) is 0. The molecule has 0 aliphatic carbocycles. The number of hydrogen-bond acceptors (Lipinski definition) is 6. The Bertz CT molecular complexity index is 1210. The number of carbonyl (C=O) groups is 1. The zero-order valence-electron chi connectivity index (χ0n) is 18.1. The maximum atomic E-state index is 14.1. The van der Waals surface area contributed by atoms with Crippen molar-refractivity contribution in [2.24, 2.45) is 0 Å². The SMILES string of the molecule is COC(=O)c1ccc2c(=O)n(CC[NH+]3CCOCC3)c(SCc3c(F)cccc3F)nc2c1. The van der Waals surface area contributed by atoms with Crippen LogP contribution in [0.2, 0.25) is 0 Å². The first-order chi connectivity index (χ1) is 16.0. The highest BCUT2D eigenvalue weighted by Crippen LogP contribution is 2.25. The molecule has 1 aliphatic rings. The van der Waals surface area contributed by atoms with Crippen LogP contribution >= 0.6 is 11.8 Å². The number of fused-ring (bicyclic) bond motifs is 1. The molecule has 0 unspecified atom stereocenters. The average molecular weight is 477 g/mol. The third-order valence-corrected chi connectivity index (χ3v) is 6.64. The molecule has 174 valence electrons. The molecule has 3 aromatic rings. The van der Waals surface area contributed by atoms with Crippen molar-refractivity contribution >= 4 is 28.6 Å². The van der Waals surface area contributed by atoms with E-state index in [-0.39, 0.29) is 22.4 Å². The Hall–Kier alpha value is -2.82. The summed E-state index contributed by atoms with van der Waals surface area (Å²) < 4.78 is 40.0. The predicted octanol–water partition coefficient (Wildman–Crippen LogP) is 1.67. The van der Waals surface area contributed by atoms with Crippen LogP contribution in [0.1, 0.15) is 15.9 Å². The molecule has 1 saturated heterocycles. The first kappa shape index (κ1) is 23.3. The number of esters is 1. The standard InChI is InChI=1S/C23H23F2N3O4S/c1-31-22(30)15-5-6-16-20(13-15)26-23(33-14-17-18(24)3-2-4-19(17)25)28(21(16)29)8-7-27-9-11-32-12-10-27/h2-6,13H,7-12,14H2,1H3/p+1. The fourth-order valence-electron chi connectivity index (χ4n) is 3.74. The van der Waals surface area contributed by atoms with Crippen molar-refractivity contribution in [3.8, 4) is 0 Å². The van der Waals surface area contributed by atoms with Gasteiger partial charge in [0.15, 0.2) is 5.16 Å². The summed E-state index contributed by atoms with van der Waals surface area (Å²) >= 11 is 1.09. The number of aromatic nitrogens is 2. The molecule has 2 heterocycles. The maximum Gasteiger partial charge on any atom is 0.337 e. The minimum absolute atomic E-state index is 0.0302. The van der Waals surface area contributed by atoms with Crippen LogP contribution in [0.3, 0.4) is 0 Å². The van der Waals surface area contributed by atoms with Gasteiger partial charge in [-0.3, -0.25) is 9.36 Å². The number of nitrogens with zero attached hydrogens (tertiary/aromatic N) is 2. The van der Waals surface area contributed by atoms with Crippen molar-refractivity contribution in [1.29, 1.82) is 0 Å². The van der Waals surface area contributed by atoms with Crippen molar-refractivity contribution < 1.29 is 27.9 Å². The monoisotopic (exact) mass is 476 g/mol. The highest BCUT2D eigenvalue weighted by Gasteiger charge is 2.19. The molecular weight excluding hydrogens is 452 g/mol. The number of hydrogen-bond donors (Lipinski definition) is 1. The summed E-state index contributed by atoms with van der Waals surface area (Å²) in [5.41, 5.74) is 0.254. The average Bonchev–Trinajstić information content (AvgIpc) is 2.83. The minimum atomic E-state index is -0.650. The fraction of sp³-hybridized carbons (Fsp3) is 0.348. The molecule has 0 spiro atoms. The number of methoxy groups -OCH3 is 1. The topological polar surface area (TPSA) is 74.9 Å².